The van der Waals surface area contributed by atoms with Crippen molar-refractivity contribution in [3.63, 3.8) is 0 Å². The predicted molar refractivity (Wildman–Crippen MR) is 100.0 cm³/mol. The van der Waals surface area contributed by atoms with E-state index in [1.807, 2.05) is 38.1 Å². The third-order valence-electron chi connectivity index (χ3n) is 4.92. The van der Waals surface area contributed by atoms with E-state index in [9.17, 15) is 9.18 Å². The summed E-state index contributed by atoms with van der Waals surface area (Å²) in [4.78, 5) is 11.3. The first-order chi connectivity index (χ1) is 12.5. The number of ketones is 1. The molecule has 26 heavy (non-hydrogen) atoms. The molecule has 0 saturated heterocycles. The number of Topliss-reactive ketones (excluding diaryl/α,β-unsaturated/α-hetero) is 1. The number of ether oxygens (including phenoxy) is 2. The lowest BCUT2D eigenvalue weighted by molar-refractivity contribution is -0.118. The van der Waals surface area contributed by atoms with Crippen LogP contribution >= 0.6 is 0 Å². The van der Waals surface area contributed by atoms with Gasteiger partial charge in [-0.25, -0.2) is 4.39 Å². The van der Waals surface area contributed by atoms with E-state index in [0.29, 0.717) is 23.8 Å². The highest BCUT2D eigenvalue weighted by Crippen LogP contribution is 2.39. The highest BCUT2D eigenvalue weighted by molar-refractivity contribution is 5.81. The summed E-state index contributed by atoms with van der Waals surface area (Å²) in [7, 11) is 0. The number of hydrogen-bond donors (Lipinski definition) is 0. The van der Waals surface area contributed by atoms with Crippen molar-refractivity contribution in [3.05, 3.63) is 48.3 Å². The number of rotatable bonds is 8. The molecule has 2 aromatic carbocycles. The molecule has 1 saturated carbocycles. The van der Waals surface area contributed by atoms with Crippen LogP contribution in [0.15, 0.2) is 42.5 Å². The fourth-order valence-corrected chi connectivity index (χ4v) is 2.98. The summed E-state index contributed by atoms with van der Waals surface area (Å²) in [5, 5.41) is 0. The lowest BCUT2D eigenvalue weighted by Crippen LogP contribution is -2.09. The van der Waals surface area contributed by atoms with Gasteiger partial charge >= 0.3 is 0 Å². The standard InChI is InChI=1S/C22H25FO3/c1-4-14(2)26-19-9-10-22(23)21(12-19)16-5-7-18(8-6-16)25-13-17-11-20(17)15(3)24/h5-10,12,14,17,20H,4,11,13H2,1-3H3. The van der Waals surface area contributed by atoms with Gasteiger partial charge in [0.2, 0.25) is 0 Å². The van der Waals surface area contributed by atoms with Crippen LogP contribution in [0, 0.1) is 17.7 Å². The highest BCUT2D eigenvalue weighted by Gasteiger charge is 2.41. The van der Waals surface area contributed by atoms with Gasteiger partial charge in [-0.1, -0.05) is 19.1 Å². The van der Waals surface area contributed by atoms with Gasteiger partial charge in [0.15, 0.2) is 0 Å². The van der Waals surface area contributed by atoms with E-state index in [1.54, 1.807) is 19.1 Å². The molecule has 3 rings (SSSR count). The Labute approximate surface area is 154 Å². The average Bonchev–Trinajstić information content (AvgIpc) is 3.42. The summed E-state index contributed by atoms with van der Waals surface area (Å²) in [6, 6.07) is 12.2. The van der Waals surface area contributed by atoms with E-state index in [2.05, 4.69) is 0 Å². The molecule has 1 fully saturated rings. The van der Waals surface area contributed by atoms with Gasteiger partial charge in [0.25, 0.3) is 0 Å². The van der Waals surface area contributed by atoms with Crippen molar-refractivity contribution in [2.24, 2.45) is 11.8 Å². The molecule has 3 unspecified atom stereocenters. The maximum absolute atomic E-state index is 14.2. The van der Waals surface area contributed by atoms with Gasteiger partial charge in [0, 0.05) is 17.4 Å². The van der Waals surface area contributed by atoms with Crippen LogP contribution in [0.25, 0.3) is 11.1 Å². The van der Waals surface area contributed by atoms with Crippen LogP contribution < -0.4 is 9.47 Å². The summed E-state index contributed by atoms with van der Waals surface area (Å²) in [5.74, 6) is 1.85. The molecule has 0 N–H and O–H groups in total. The molecule has 0 aliphatic heterocycles. The Morgan fingerprint density at radius 1 is 1.19 bits per heavy atom. The fourth-order valence-electron chi connectivity index (χ4n) is 2.98. The maximum Gasteiger partial charge on any atom is 0.133 e. The lowest BCUT2D eigenvalue weighted by atomic mass is 10.0. The van der Waals surface area contributed by atoms with E-state index >= 15 is 0 Å². The second-order valence-corrected chi connectivity index (χ2v) is 7.03. The Morgan fingerprint density at radius 3 is 2.50 bits per heavy atom. The van der Waals surface area contributed by atoms with Crippen LogP contribution in [-0.2, 0) is 4.79 Å². The zero-order chi connectivity index (χ0) is 18.7. The van der Waals surface area contributed by atoms with Crippen LogP contribution in [0.2, 0.25) is 0 Å². The smallest absolute Gasteiger partial charge is 0.133 e. The first-order valence-electron chi connectivity index (χ1n) is 9.17. The minimum atomic E-state index is -0.280. The zero-order valence-electron chi connectivity index (χ0n) is 15.5. The van der Waals surface area contributed by atoms with E-state index in [1.165, 1.54) is 6.07 Å². The van der Waals surface area contributed by atoms with E-state index in [4.69, 9.17) is 9.47 Å². The first kappa shape index (κ1) is 18.4. The predicted octanol–water partition coefficient (Wildman–Crippen LogP) is 5.27. The van der Waals surface area contributed by atoms with Crippen LogP contribution in [0.4, 0.5) is 4.39 Å². The van der Waals surface area contributed by atoms with Gasteiger partial charge in [-0.2, -0.15) is 0 Å². The molecule has 2 aromatic rings. The second kappa shape index (κ2) is 7.90. The minimum Gasteiger partial charge on any atom is -0.493 e. The van der Waals surface area contributed by atoms with Crippen molar-refractivity contribution < 1.29 is 18.7 Å². The van der Waals surface area contributed by atoms with E-state index < -0.39 is 0 Å². The van der Waals surface area contributed by atoms with Crippen LogP contribution in [0.1, 0.15) is 33.6 Å². The Kier molecular flexibility index (Phi) is 5.60. The maximum atomic E-state index is 14.2. The highest BCUT2D eigenvalue weighted by atomic mass is 19.1. The second-order valence-electron chi connectivity index (χ2n) is 7.03. The molecule has 0 amide bonds. The molecule has 3 nitrogen and oxygen atoms in total. The number of carbonyl (C=O) groups excluding carboxylic acids is 1. The third-order valence-corrected chi connectivity index (χ3v) is 4.92. The summed E-state index contributed by atoms with van der Waals surface area (Å²) < 4.78 is 25.8. The summed E-state index contributed by atoms with van der Waals surface area (Å²) >= 11 is 0. The van der Waals surface area contributed by atoms with Gasteiger partial charge in [-0.05, 0) is 62.6 Å². The molecule has 0 bridgehead atoms. The SMILES string of the molecule is CCC(C)Oc1ccc(F)c(-c2ccc(OCC3CC3C(C)=O)cc2)c1. The van der Waals surface area contributed by atoms with Gasteiger partial charge in [-0.15, -0.1) is 0 Å². The molecule has 1 aliphatic rings. The quantitative estimate of drug-likeness (QED) is 0.646. The molecular formula is C22H25FO3. The van der Waals surface area contributed by atoms with Crippen molar-refractivity contribution in [1.82, 2.24) is 0 Å². The van der Waals surface area contributed by atoms with Gasteiger partial charge < -0.3 is 9.47 Å². The van der Waals surface area contributed by atoms with E-state index in [-0.39, 0.29) is 23.6 Å². The number of halogens is 1. The molecule has 3 atom stereocenters. The Balaban J connectivity index is 1.66. The Morgan fingerprint density at radius 2 is 1.88 bits per heavy atom. The van der Waals surface area contributed by atoms with Gasteiger partial charge in [0.05, 0.1) is 12.7 Å². The molecular weight excluding hydrogens is 331 g/mol. The monoisotopic (exact) mass is 356 g/mol. The summed E-state index contributed by atoms with van der Waals surface area (Å²) in [6.07, 6.45) is 1.90. The molecule has 0 radical (unpaired) electrons. The molecule has 0 spiro atoms. The molecule has 0 aromatic heterocycles. The number of carbonyl (C=O) groups is 1. The van der Waals surface area contributed by atoms with Crippen molar-refractivity contribution in [2.45, 2.75) is 39.7 Å². The Hall–Kier alpha value is -2.36. The topological polar surface area (TPSA) is 35.5 Å². The van der Waals surface area contributed by atoms with Crippen molar-refractivity contribution in [1.29, 1.82) is 0 Å². The normalized spacial score (nSPS) is 19.7. The van der Waals surface area contributed by atoms with Crippen LogP contribution in [-0.4, -0.2) is 18.5 Å². The van der Waals surface area contributed by atoms with Crippen molar-refractivity contribution in [3.8, 4) is 22.6 Å². The fraction of sp³-hybridized carbons (Fsp3) is 0.409. The summed E-state index contributed by atoms with van der Waals surface area (Å²) in [5.41, 5.74) is 1.29. The molecule has 0 heterocycles. The van der Waals surface area contributed by atoms with Gasteiger partial charge in [0.1, 0.15) is 23.1 Å². The van der Waals surface area contributed by atoms with Crippen molar-refractivity contribution in [2.75, 3.05) is 6.61 Å². The third kappa shape index (κ3) is 4.43. The molecule has 138 valence electrons. The van der Waals surface area contributed by atoms with Gasteiger partial charge in [-0.3, -0.25) is 4.79 Å². The molecule has 4 heteroatoms. The lowest BCUT2D eigenvalue weighted by Gasteiger charge is -2.14. The van der Waals surface area contributed by atoms with Crippen LogP contribution in [0.3, 0.4) is 0 Å². The first-order valence-corrected chi connectivity index (χ1v) is 9.17. The largest absolute Gasteiger partial charge is 0.493 e. The van der Waals surface area contributed by atoms with E-state index in [0.717, 1.165) is 24.2 Å². The molecule has 1 aliphatic carbocycles. The Bertz CT molecular complexity index is 769. The van der Waals surface area contributed by atoms with Crippen LogP contribution in [0.5, 0.6) is 11.5 Å². The van der Waals surface area contributed by atoms with Crippen molar-refractivity contribution >= 4 is 5.78 Å². The summed E-state index contributed by atoms with van der Waals surface area (Å²) in [6.45, 7) is 6.23. The average molecular weight is 356 g/mol. The minimum absolute atomic E-state index is 0.0883. The zero-order valence-corrected chi connectivity index (χ0v) is 15.5. The number of benzene rings is 2. The number of hydrogen-bond acceptors (Lipinski definition) is 3.